The van der Waals surface area contributed by atoms with E-state index in [4.69, 9.17) is 0 Å². The Hall–Kier alpha value is -0.990. The zero-order valence-corrected chi connectivity index (χ0v) is 24.5. The topological polar surface area (TPSA) is 51.2 Å². The summed E-state index contributed by atoms with van der Waals surface area (Å²) in [6.07, 6.45) is 37.0. The summed E-state index contributed by atoms with van der Waals surface area (Å²) in [6, 6.07) is 0. The van der Waals surface area contributed by atoms with Crippen molar-refractivity contribution in [1.82, 2.24) is 0 Å². The predicted molar refractivity (Wildman–Crippen MR) is 156 cm³/mol. The summed E-state index contributed by atoms with van der Waals surface area (Å²) in [5.74, 6) is -1.98. The van der Waals surface area contributed by atoms with Crippen LogP contribution in [0, 0.1) is 0 Å². The summed E-state index contributed by atoms with van der Waals surface area (Å²) in [5, 5.41) is 0. The van der Waals surface area contributed by atoms with Crippen LogP contribution in [0.25, 0.3) is 0 Å². The van der Waals surface area contributed by atoms with Crippen LogP contribution >= 0.6 is 0 Å². The number of hydrogen-bond acceptors (Lipinski definition) is 3. The van der Waals surface area contributed by atoms with Gasteiger partial charge in [-0.3, -0.25) is 14.4 Å². The number of carbonyl (C=O) groups is 3. The maximum absolute atomic E-state index is 11.5. The molecule has 0 heterocycles. The second kappa shape index (κ2) is 28.6. The van der Waals surface area contributed by atoms with E-state index in [0.29, 0.717) is 0 Å². The maximum atomic E-state index is 11.5. The van der Waals surface area contributed by atoms with Gasteiger partial charge >= 0.3 is 0 Å². The second-order valence-electron chi connectivity index (χ2n) is 11.3. The molecule has 0 N–H and O–H groups in total. The minimum Gasteiger partial charge on any atom is -0.291 e. The molecule has 0 aliphatic rings. The average molecular weight is 507 g/mol. The lowest BCUT2D eigenvalue weighted by atomic mass is 10.0. The molecule has 0 aliphatic carbocycles. The largest absolute Gasteiger partial charge is 0.291 e. The van der Waals surface area contributed by atoms with E-state index in [1.807, 2.05) is 0 Å². The summed E-state index contributed by atoms with van der Waals surface area (Å²) >= 11 is 0. The molecule has 0 atom stereocenters. The molecular weight excluding hydrogens is 444 g/mol. The van der Waals surface area contributed by atoms with Crippen molar-refractivity contribution in [2.24, 2.45) is 0 Å². The third-order valence-corrected chi connectivity index (χ3v) is 7.58. The van der Waals surface area contributed by atoms with E-state index in [-0.39, 0.29) is 6.42 Å². The highest BCUT2D eigenvalue weighted by molar-refractivity contribution is 6.63. The predicted octanol–water partition coefficient (Wildman–Crippen LogP) is 10.7. The zero-order chi connectivity index (χ0) is 26.5. The highest BCUT2D eigenvalue weighted by Crippen LogP contribution is 2.16. The summed E-state index contributed by atoms with van der Waals surface area (Å²) < 4.78 is 0. The highest BCUT2D eigenvalue weighted by atomic mass is 16.2. The summed E-state index contributed by atoms with van der Waals surface area (Å²) in [5.41, 5.74) is 0. The van der Waals surface area contributed by atoms with Crippen LogP contribution in [0.1, 0.15) is 194 Å². The lowest BCUT2D eigenvalue weighted by molar-refractivity contribution is -0.143. The van der Waals surface area contributed by atoms with Gasteiger partial charge in [0.05, 0.1) is 0 Å². The zero-order valence-electron chi connectivity index (χ0n) is 24.5. The van der Waals surface area contributed by atoms with Crippen LogP contribution in [-0.4, -0.2) is 17.3 Å². The van der Waals surface area contributed by atoms with E-state index in [1.54, 1.807) is 0 Å². The van der Waals surface area contributed by atoms with Crippen LogP contribution in [0.15, 0.2) is 0 Å². The van der Waals surface area contributed by atoms with Crippen molar-refractivity contribution in [3.8, 4) is 0 Å². The Balaban J connectivity index is 3.11. The minimum atomic E-state index is -0.829. The Morgan fingerprint density at radius 1 is 0.361 bits per heavy atom. The van der Waals surface area contributed by atoms with Crippen LogP contribution in [0.3, 0.4) is 0 Å². The third-order valence-electron chi connectivity index (χ3n) is 7.58. The molecule has 212 valence electrons. The molecular formula is C33H62O3. The van der Waals surface area contributed by atoms with E-state index in [1.165, 1.54) is 161 Å². The van der Waals surface area contributed by atoms with Gasteiger partial charge in [0.25, 0.3) is 5.78 Å². The first kappa shape index (κ1) is 35.0. The van der Waals surface area contributed by atoms with E-state index in [0.717, 1.165) is 19.3 Å². The first-order valence-electron chi connectivity index (χ1n) is 16.2. The maximum Gasteiger partial charge on any atom is 0.263 e. The molecule has 0 bridgehead atoms. The standard InChI is InChI=1S/C33H62O3/c1-3-4-5-6-7-8-9-10-11-12-13-14-15-16-17-18-19-20-21-22-23-24-25-26-27-28-29-30-32(35)33(36)31(2)34/h3-30H2,1-2H3. The Labute approximate surface area is 225 Å². The van der Waals surface area contributed by atoms with Crippen LogP contribution in [0.4, 0.5) is 0 Å². The molecule has 0 rings (SSSR count). The molecule has 0 unspecified atom stereocenters. The Morgan fingerprint density at radius 2 is 0.583 bits per heavy atom. The van der Waals surface area contributed by atoms with Crippen molar-refractivity contribution in [3.05, 3.63) is 0 Å². The molecule has 0 amide bonds. The quantitative estimate of drug-likeness (QED) is 0.0553. The van der Waals surface area contributed by atoms with Gasteiger partial charge < -0.3 is 0 Å². The highest BCUT2D eigenvalue weighted by Gasteiger charge is 2.17. The summed E-state index contributed by atoms with van der Waals surface area (Å²) in [7, 11) is 0. The fourth-order valence-electron chi connectivity index (χ4n) is 5.09. The lowest BCUT2D eigenvalue weighted by Crippen LogP contribution is -2.20. The smallest absolute Gasteiger partial charge is 0.263 e. The van der Waals surface area contributed by atoms with Gasteiger partial charge in [-0.25, -0.2) is 0 Å². The van der Waals surface area contributed by atoms with Crippen molar-refractivity contribution in [2.45, 2.75) is 194 Å². The van der Waals surface area contributed by atoms with Crippen molar-refractivity contribution < 1.29 is 14.4 Å². The Morgan fingerprint density at radius 3 is 0.806 bits per heavy atom. The van der Waals surface area contributed by atoms with Crippen molar-refractivity contribution >= 4 is 17.3 Å². The summed E-state index contributed by atoms with van der Waals surface area (Å²) in [6.45, 7) is 3.46. The number of carbonyl (C=O) groups excluding carboxylic acids is 3. The van der Waals surface area contributed by atoms with E-state index < -0.39 is 17.3 Å². The molecule has 0 saturated heterocycles. The fraction of sp³-hybridized carbons (Fsp3) is 0.909. The van der Waals surface area contributed by atoms with E-state index in [9.17, 15) is 14.4 Å². The Kier molecular flexibility index (Phi) is 27.8. The number of ketones is 3. The SMILES string of the molecule is CCCCCCCCCCCCCCCCCCCCCCCCCCCCCC(=O)C(=O)C(C)=O. The van der Waals surface area contributed by atoms with Gasteiger partial charge in [0.2, 0.25) is 11.6 Å². The molecule has 3 heteroatoms. The molecule has 0 aromatic carbocycles. The van der Waals surface area contributed by atoms with Crippen molar-refractivity contribution in [2.75, 3.05) is 0 Å². The first-order chi connectivity index (χ1) is 17.6. The van der Waals surface area contributed by atoms with Gasteiger partial charge in [0, 0.05) is 13.3 Å². The molecule has 0 fully saturated rings. The average Bonchev–Trinajstić information content (AvgIpc) is 2.87. The second-order valence-corrected chi connectivity index (χ2v) is 11.3. The molecule has 3 nitrogen and oxygen atoms in total. The number of unbranched alkanes of at least 4 members (excludes halogenated alkanes) is 26. The molecule has 0 saturated carbocycles. The normalized spacial score (nSPS) is 11.2. The van der Waals surface area contributed by atoms with Crippen molar-refractivity contribution in [1.29, 1.82) is 0 Å². The van der Waals surface area contributed by atoms with E-state index >= 15 is 0 Å². The number of rotatable bonds is 30. The van der Waals surface area contributed by atoms with Crippen LogP contribution in [0.5, 0.6) is 0 Å². The lowest BCUT2D eigenvalue weighted by Gasteiger charge is -2.04. The molecule has 0 aromatic rings. The van der Waals surface area contributed by atoms with Gasteiger partial charge in [-0.15, -0.1) is 0 Å². The minimum absolute atomic E-state index is 0.234. The molecule has 0 aliphatic heterocycles. The molecule has 0 aromatic heterocycles. The van der Waals surface area contributed by atoms with Crippen LogP contribution in [-0.2, 0) is 14.4 Å². The number of Topliss-reactive ketones (excluding diaryl/α,β-unsaturated/α-hetero) is 3. The van der Waals surface area contributed by atoms with Crippen LogP contribution < -0.4 is 0 Å². The van der Waals surface area contributed by atoms with Gasteiger partial charge in [-0.1, -0.05) is 174 Å². The Bertz CT molecular complexity index is 511. The van der Waals surface area contributed by atoms with Crippen LogP contribution in [0.2, 0.25) is 0 Å². The molecule has 0 radical (unpaired) electrons. The third kappa shape index (κ3) is 26.1. The van der Waals surface area contributed by atoms with Gasteiger partial charge in [-0.2, -0.15) is 0 Å². The fourth-order valence-corrected chi connectivity index (χ4v) is 5.09. The van der Waals surface area contributed by atoms with Gasteiger partial charge in [-0.05, 0) is 6.42 Å². The molecule has 0 spiro atoms. The van der Waals surface area contributed by atoms with Gasteiger partial charge in [0.15, 0.2) is 0 Å². The van der Waals surface area contributed by atoms with Gasteiger partial charge in [0.1, 0.15) is 0 Å². The first-order valence-corrected chi connectivity index (χ1v) is 16.2. The monoisotopic (exact) mass is 506 g/mol. The van der Waals surface area contributed by atoms with E-state index in [2.05, 4.69) is 6.92 Å². The summed E-state index contributed by atoms with van der Waals surface area (Å²) in [4.78, 5) is 33.5. The molecule has 36 heavy (non-hydrogen) atoms. The van der Waals surface area contributed by atoms with Crippen molar-refractivity contribution in [3.63, 3.8) is 0 Å². The number of hydrogen-bond donors (Lipinski definition) is 0.